The van der Waals surface area contributed by atoms with E-state index in [9.17, 15) is 18.0 Å². The zero-order chi connectivity index (χ0) is 20.8. The summed E-state index contributed by atoms with van der Waals surface area (Å²) in [5.74, 6) is -0.455. The van der Waals surface area contributed by atoms with E-state index in [1.165, 1.54) is 4.90 Å². The summed E-state index contributed by atoms with van der Waals surface area (Å²) in [6.45, 7) is 5.91. The third-order valence-electron chi connectivity index (χ3n) is 5.22. The summed E-state index contributed by atoms with van der Waals surface area (Å²) in [5, 5.41) is 2.70. The molecule has 0 aliphatic carbocycles. The molecule has 0 spiro atoms. The molecule has 2 aromatic rings. The van der Waals surface area contributed by atoms with Gasteiger partial charge in [0, 0.05) is 23.5 Å². The minimum atomic E-state index is -3.73. The molecule has 1 fully saturated rings. The van der Waals surface area contributed by atoms with Crippen LogP contribution < -0.4 is 10.0 Å². The van der Waals surface area contributed by atoms with Gasteiger partial charge in [-0.25, -0.2) is 8.42 Å². The highest BCUT2D eigenvalue weighted by molar-refractivity contribution is 7.92. The molecular weight excluding hydrogens is 390 g/mol. The number of piperidine rings is 1. The molecule has 1 saturated heterocycles. The number of nitrogens with zero attached hydrogens (tertiary/aromatic N) is 1. The molecule has 0 bridgehead atoms. The highest BCUT2D eigenvalue weighted by Gasteiger charge is 2.38. The van der Waals surface area contributed by atoms with Gasteiger partial charge >= 0.3 is 0 Å². The smallest absolute Gasteiger partial charge is 0.261 e. The van der Waals surface area contributed by atoms with Gasteiger partial charge in [-0.2, -0.15) is 0 Å². The Bertz CT molecular complexity index is 1120. The summed E-state index contributed by atoms with van der Waals surface area (Å²) >= 11 is 0. The largest absolute Gasteiger partial charge is 0.329 e. The van der Waals surface area contributed by atoms with Crippen LogP contribution in [0.15, 0.2) is 59.6 Å². The molecule has 2 N–H and O–H groups in total. The van der Waals surface area contributed by atoms with E-state index in [-0.39, 0.29) is 23.3 Å². The van der Waals surface area contributed by atoms with Crippen LogP contribution in [0.4, 0.5) is 5.69 Å². The number of benzene rings is 2. The van der Waals surface area contributed by atoms with Gasteiger partial charge in [0.2, 0.25) is 5.91 Å². The molecule has 29 heavy (non-hydrogen) atoms. The minimum absolute atomic E-state index is 0.167. The Balaban J connectivity index is 1.55. The van der Waals surface area contributed by atoms with E-state index < -0.39 is 16.1 Å². The molecule has 1 unspecified atom stereocenters. The van der Waals surface area contributed by atoms with E-state index in [1.807, 2.05) is 6.92 Å². The van der Waals surface area contributed by atoms with Crippen LogP contribution in [0.3, 0.4) is 0 Å². The van der Waals surface area contributed by atoms with E-state index in [1.54, 1.807) is 42.5 Å². The maximum absolute atomic E-state index is 12.8. The van der Waals surface area contributed by atoms with Crippen molar-refractivity contribution in [3.05, 3.63) is 71.4 Å². The maximum atomic E-state index is 12.8. The molecule has 0 aromatic heterocycles. The highest BCUT2D eigenvalue weighted by Crippen LogP contribution is 2.30. The SMILES string of the molecule is C=C1CCC(N2Cc3cc(NS(=O)(=O)c4ccc(C)cc4)ccc3C2=O)C(=O)N1. The molecule has 0 radical (unpaired) electrons. The highest BCUT2D eigenvalue weighted by atomic mass is 32.2. The van der Waals surface area contributed by atoms with Gasteiger partial charge in [0.1, 0.15) is 6.04 Å². The summed E-state index contributed by atoms with van der Waals surface area (Å²) in [6.07, 6.45) is 1.15. The second kappa shape index (κ2) is 7.04. The lowest BCUT2D eigenvalue weighted by molar-refractivity contribution is -0.126. The van der Waals surface area contributed by atoms with Crippen molar-refractivity contribution in [2.45, 2.75) is 37.2 Å². The van der Waals surface area contributed by atoms with Crippen LogP contribution in [0.25, 0.3) is 0 Å². The standard InChI is InChI=1S/C21H21N3O4S/c1-13-3-7-17(8-4-13)29(27,28)23-16-6-9-18-15(11-16)12-24(21(18)26)19-10-5-14(2)22-20(19)25/h3-4,6-9,11,19,23H,2,5,10,12H2,1H3,(H,22,25). The summed E-state index contributed by atoms with van der Waals surface area (Å²) in [5.41, 5.74) is 3.18. The number of nitrogens with one attached hydrogen (secondary N) is 2. The Hall–Kier alpha value is -3.13. The lowest BCUT2D eigenvalue weighted by atomic mass is 10.0. The van der Waals surface area contributed by atoms with Gasteiger partial charge in [-0.15, -0.1) is 0 Å². The van der Waals surface area contributed by atoms with Crippen molar-refractivity contribution in [3.8, 4) is 0 Å². The second-order valence-corrected chi connectivity index (χ2v) is 9.05. The van der Waals surface area contributed by atoms with Crippen LogP contribution in [0.1, 0.15) is 34.3 Å². The molecule has 1 atom stereocenters. The summed E-state index contributed by atoms with van der Waals surface area (Å²) in [7, 11) is -3.73. The molecule has 150 valence electrons. The van der Waals surface area contributed by atoms with E-state index in [0.29, 0.717) is 35.4 Å². The lowest BCUT2D eigenvalue weighted by Crippen LogP contribution is -2.49. The third kappa shape index (κ3) is 3.63. The molecule has 4 rings (SSSR count). The average molecular weight is 411 g/mol. The quantitative estimate of drug-likeness (QED) is 0.808. The number of aryl methyl sites for hydroxylation is 1. The Morgan fingerprint density at radius 2 is 1.86 bits per heavy atom. The number of fused-ring (bicyclic) bond motifs is 1. The van der Waals surface area contributed by atoms with Gasteiger partial charge in [0.05, 0.1) is 4.90 Å². The Labute approximate surface area is 169 Å². The van der Waals surface area contributed by atoms with Crippen LogP contribution in [0.2, 0.25) is 0 Å². The number of sulfonamides is 1. The topological polar surface area (TPSA) is 95.6 Å². The molecule has 0 saturated carbocycles. The lowest BCUT2D eigenvalue weighted by Gasteiger charge is -2.30. The zero-order valence-corrected chi connectivity index (χ0v) is 16.8. The van der Waals surface area contributed by atoms with Gasteiger partial charge in [0.15, 0.2) is 0 Å². The van der Waals surface area contributed by atoms with Crippen LogP contribution in [-0.2, 0) is 21.4 Å². The van der Waals surface area contributed by atoms with Gasteiger partial charge in [-0.1, -0.05) is 24.3 Å². The predicted octanol–water partition coefficient (Wildman–Crippen LogP) is 2.54. The maximum Gasteiger partial charge on any atom is 0.261 e. The zero-order valence-electron chi connectivity index (χ0n) is 15.9. The number of allylic oxidation sites excluding steroid dienone is 1. The number of hydrogen-bond acceptors (Lipinski definition) is 4. The van der Waals surface area contributed by atoms with Crippen molar-refractivity contribution < 1.29 is 18.0 Å². The van der Waals surface area contributed by atoms with Crippen molar-refractivity contribution in [3.63, 3.8) is 0 Å². The molecular formula is C21H21N3O4S. The first kappa shape index (κ1) is 19.2. The summed E-state index contributed by atoms with van der Waals surface area (Å²) in [6, 6.07) is 10.8. The van der Waals surface area contributed by atoms with E-state index in [0.717, 1.165) is 5.56 Å². The first-order valence-corrected chi connectivity index (χ1v) is 10.7. The molecule has 2 aliphatic heterocycles. The number of carbonyl (C=O) groups is 2. The molecule has 2 aromatic carbocycles. The number of rotatable bonds is 4. The van der Waals surface area contributed by atoms with Crippen LogP contribution in [0.5, 0.6) is 0 Å². The first-order chi connectivity index (χ1) is 13.7. The summed E-state index contributed by atoms with van der Waals surface area (Å²) in [4.78, 5) is 26.7. The van der Waals surface area contributed by atoms with Crippen molar-refractivity contribution >= 4 is 27.5 Å². The van der Waals surface area contributed by atoms with Crippen LogP contribution in [-0.4, -0.2) is 31.2 Å². The molecule has 2 amide bonds. The second-order valence-electron chi connectivity index (χ2n) is 7.37. The summed E-state index contributed by atoms with van der Waals surface area (Å²) < 4.78 is 27.8. The fourth-order valence-corrected chi connectivity index (χ4v) is 4.70. The Morgan fingerprint density at radius 3 is 2.55 bits per heavy atom. The first-order valence-electron chi connectivity index (χ1n) is 9.26. The number of carbonyl (C=O) groups excluding carboxylic acids is 2. The molecule has 8 heteroatoms. The van der Waals surface area contributed by atoms with Crippen LogP contribution in [0, 0.1) is 6.92 Å². The van der Waals surface area contributed by atoms with E-state index in [2.05, 4.69) is 16.6 Å². The molecule has 7 nitrogen and oxygen atoms in total. The van der Waals surface area contributed by atoms with Gasteiger partial charge in [-0.05, 0) is 55.7 Å². The number of anilines is 1. The monoisotopic (exact) mass is 411 g/mol. The van der Waals surface area contributed by atoms with Crippen LogP contribution >= 0.6 is 0 Å². The normalized spacial score (nSPS) is 19.1. The average Bonchev–Trinajstić information content (AvgIpc) is 2.97. The third-order valence-corrected chi connectivity index (χ3v) is 6.62. The van der Waals surface area contributed by atoms with Crippen molar-refractivity contribution in [1.29, 1.82) is 0 Å². The van der Waals surface area contributed by atoms with Crippen molar-refractivity contribution in [2.24, 2.45) is 0 Å². The van der Waals surface area contributed by atoms with E-state index in [4.69, 9.17) is 0 Å². The number of hydrogen-bond donors (Lipinski definition) is 2. The number of amides is 2. The van der Waals surface area contributed by atoms with Crippen molar-refractivity contribution in [1.82, 2.24) is 10.2 Å². The minimum Gasteiger partial charge on any atom is -0.329 e. The Kier molecular flexibility index (Phi) is 4.66. The van der Waals surface area contributed by atoms with Gasteiger partial charge < -0.3 is 10.2 Å². The fraction of sp³-hybridized carbons (Fsp3) is 0.238. The Morgan fingerprint density at radius 1 is 1.14 bits per heavy atom. The van der Waals surface area contributed by atoms with Gasteiger partial charge in [-0.3, -0.25) is 14.3 Å². The molecule has 2 aliphatic rings. The fourth-order valence-electron chi connectivity index (χ4n) is 3.65. The predicted molar refractivity (Wildman–Crippen MR) is 109 cm³/mol. The van der Waals surface area contributed by atoms with E-state index >= 15 is 0 Å². The van der Waals surface area contributed by atoms with Gasteiger partial charge in [0.25, 0.3) is 15.9 Å². The van der Waals surface area contributed by atoms with Crippen molar-refractivity contribution in [2.75, 3.05) is 4.72 Å². The molecule has 2 heterocycles.